The Hall–Kier alpha value is -3.28. The summed E-state index contributed by atoms with van der Waals surface area (Å²) < 4.78 is 25.8. The van der Waals surface area contributed by atoms with Crippen LogP contribution < -0.4 is 9.47 Å². The molecule has 0 aliphatic heterocycles. The van der Waals surface area contributed by atoms with Gasteiger partial charge in [0.25, 0.3) is 0 Å². The van der Waals surface area contributed by atoms with Crippen molar-refractivity contribution in [3.8, 4) is 22.8 Å². The first kappa shape index (κ1) is 33.2. The van der Waals surface area contributed by atoms with Gasteiger partial charge in [-0.25, -0.2) is 14.2 Å². The van der Waals surface area contributed by atoms with Crippen molar-refractivity contribution in [2.45, 2.75) is 117 Å². The highest BCUT2D eigenvalue weighted by Gasteiger charge is 2.15. The van der Waals surface area contributed by atoms with E-state index in [1.165, 1.54) is 102 Å². The van der Waals surface area contributed by atoms with E-state index in [0.29, 0.717) is 12.3 Å². The quantitative estimate of drug-likeness (QED) is 0.0717. The Labute approximate surface area is 252 Å². The van der Waals surface area contributed by atoms with Crippen LogP contribution in [0.15, 0.2) is 54.9 Å². The zero-order valence-electron chi connectivity index (χ0n) is 25.7. The average Bonchev–Trinajstić information content (AvgIpc) is 3.01. The van der Waals surface area contributed by atoms with Crippen LogP contribution in [0.4, 0.5) is 4.39 Å². The molecule has 0 aliphatic carbocycles. The van der Waals surface area contributed by atoms with Crippen LogP contribution in [0, 0.1) is 5.82 Å². The third-order valence-corrected chi connectivity index (χ3v) is 7.55. The molecule has 1 aromatic heterocycles. The minimum absolute atomic E-state index is 0.0234. The molecule has 228 valence electrons. The van der Waals surface area contributed by atoms with Crippen molar-refractivity contribution in [3.05, 3.63) is 71.9 Å². The molecule has 0 bridgehead atoms. The van der Waals surface area contributed by atoms with Gasteiger partial charge in [-0.2, -0.15) is 0 Å². The first-order valence-electron chi connectivity index (χ1n) is 16.2. The van der Waals surface area contributed by atoms with Crippen LogP contribution >= 0.6 is 0 Å². The molecule has 0 aliphatic rings. The molecule has 42 heavy (non-hydrogen) atoms. The summed E-state index contributed by atoms with van der Waals surface area (Å²) in [6.07, 6.45) is 22.4. The Kier molecular flexibility index (Phi) is 15.6. The van der Waals surface area contributed by atoms with Gasteiger partial charge in [0.1, 0.15) is 5.75 Å². The monoisotopic (exact) mass is 576 g/mol. The Morgan fingerprint density at radius 1 is 0.714 bits per heavy atom. The maximum absolute atomic E-state index is 14.6. The molecule has 0 N–H and O–H groups in total. The van der Waals surface area contributed by atoms with Gasteiger partial charge in [0.15, 0.2) is 17.3 Å². The lowest BCUT2D eigenvalue weighted by Crippen LogP contribution is -2.12. The molecule has 3 aromatic rings. The van der Waals surface area contributed by atoms with Crippen LogP contribution in [0.3, 0.4) is 0 Å². The number of nitrogens with zero attached hydrogens (tertiary/aromatic N) is 2. The van der Waals surface area contributed by atoms with Gasteiger partial charge in [-0.05, 0) is 61.2 Å². The lowest BCUT2D eigenvalue weighted by Gasteiger charge is -2.08. The van der Waals surface area contributed by atoms with E-state index in [0.717, 1.165) is 42.6 Å². The third-order valence-electron chi connectivity index (χ3n) is 7.55. The summed E-state index contributed by atoms with van der Waals surface area (Å²) in [5.74, 6) is -0.560. The van der Waals surface area contributed by atoms with E-state index in [9.17, 15) is 9.18 Å². The van der Waals surface area contributed by atoms with Crippen molar-refractivity contribution in [1.29, 1.82) is 0 Å². The van der Waals surface area contributed by atoms with Gasteiger partial charge >= 0.3 is 5.97 Å². The zero-order chi connectivity index (χ0) is 29.8. The van der Waals surface area contributed by atoms with Crippen LogP contribution in [0.2, 0.25) is 0 Å². The number of rotatable bonds is 21. The normalized spacial score (nSPS) is 11.0. The number of carbonyl (C=O) groups is 1. The van der Waals surface area contributed by atoms with Gasteiger partial charge in [0.05, 0.1) is 24.7 Å². The van der Waals surface area contributed by atoms with Gasteiger partial charge in [0.2, 0.25) is 0 Å². The third kappa shape index (κ3) is 12.3. The lowest BCUT2D eigenvalue weighted by atomic mass is 10.0. The maximum Gasteiger partial charge on any atom is 0.364 e. The summed E-state index contributed by atoms with van der Waals surface area (Å²) in [6.45, 7) is 5.17. The summed E-state index contributed by atoms with van der Waals surface area (Å²) in [5, 5.41) is 0. The first-order valence-corrected chi connectivity index (χ1v) is 16.2. The number of benzene rings is 2. The molecular formula is C36H49FN2O3. The van der Waals surface area contributed by atoms with Gasteiger partial charge < -0.3 is 9.47 Å². The predicted octanol–water partition coefficient (Wildman–Crippen LogP) is 10.3. The number of hydrogen-bond donors (Lipinski definition) is 0. The van der Waals surface area contributed by atoms with Crippen LogP contribution in [-0.2, 0) is 6.42 Å². The highest BCUT2D eigenvalue weighted by molar-refractivity contribution is 5.88. The van der Waals surface area contributed by atoms with Crippen molar-refractivity contribution in [2.75, 3.05) is 6.61 Å². The highest BCUT2D eigenvalue weighted by Crippen LogP contribution is 2.23. The molecule has 3 rings (SSSR count). The Morgan fingerprint density at radius 3 is 1.93 bits per heavy atom. The molecule has 6 heteroatoms. The average molecular weight is 577 g/mol. The van der Waals surface area contributed by atoms with E-state index in [2.05, 4.69) is 23.8 Å². The van der Waals surface area contributed by atoms with Crippen molar-refractivity contribution in [1.82, 2.24) is 9.97 Å². The van der Waals surface area contributed by atoms with Gasteiger partial charge in [0, 0.05) is 5.56 Å². The molecule has 0 unspecified atom stereocenters. The number of halogens is 1. The Balaban J connectivity index is 1.39. The minimum Gasteiger partial charge on any atom is -0.494 e. The summed E-state index contributed by atoms with van der Waals surface area (Å²) in [4.78, 5) is 21.1. The van der Waals surface area contributed by atoms with Crippen molar-refractivity contribution in [2.24, 2.45) is 0 Å². The minimum atomic E-state index is -0.739. The molecule has 0 fully saturated rings. The fraction of sp³-hybridized carbons (Fsp3) is 0.528. The fourth-order valence-corrected chi connectivity index (χ4v) is 4.95. The number of carbonyl (C=O) groups excluding carboxylic acids is 1. The summed E-state index contributed by atoms with van der Waals surface area (Å²) in [7, 11) is 0. The Morgan fingerprint density at radius 2 is 1.33 bits per heavy atom. The van der Waals surface area contributed by atoms with Crippen LogP contribution in [0.1, 0.15) is 126 Å². The molecule has 0 radical (unpaired) electrons. The first-order chi connectivity index (χ1) is 20.6. The molecule has 2 aromatic carbocycles. The number of ether oxygens (including phenoxy) is 2. The SMILES string of the molecule is CCCCCCCCCCCOc1ccc(-c2cnc(C(=O)Oc3ccc(CCCCCCCC)cc3F)cn2)cc1. The molecule has 1 heterocycles. The zero-order valence-corrected chi connectivity index (χ0v) is 25.7. The summed E-state index contributed by atoms with van der Waals surface area (Å²) in [5.41, 5.74) is 2.43. The number of hydrogen-bond acceptors (Lipinski definition) is 5. The van der Waals surface area contributed by atoms with E-state index in [1.807, 2.05) is 30.3 Å². The fourth-order valence-electron chi connectivity index (χ4n) is 4.95. The van der Waals surface area contributed by atoms with E-state index >= 15 is 0 Å². The lowest BCUT2D eigenvalue weighted by molar-refractivity contribution is 0.0721. The van der Waals surface area contributed by atoms with Crippen LogP contribution in [0.25, 0.3) is 11.3 Å². The molecule has 0 amide bonds. The molecular weight excluding hydrogens is 527 g/mol. The van der Waals surface area contributed by atoms with E-state index in [1.54, 1.807) is 0 Å². The highest BCUT2D eigenvalue weighted by atomic mass is 19.1. The Bertz CT molecular complexity index is 1170. The topological polar surface area (TPSA) is 61.3 Å². The van der Waals surface area contributed by atoms with E-state index in [4.69, 9.17) is 9.47 Å². The molecule has 5 nitrogen and oxygen atoms in total. The smallest absolute Gasteiger partial charge is 0.364 e. The number of unbranched alkanes of at least 4 members (excludes halogenated alkanes) is 13. The number of aryl methyl sites for hydroxylation is 1. The molecule has 0 saturated carbocycles. The van der Waals surface area contributed by atoms with E-state index < -0.39 is 11.8 Å². The van der Waals surface area contributed by atoms with Crippen LogP contribution in [-0.4, -0.2) is 22.5 Å². The second-order valence-electron chi connectivity index (χ2n) is 11.2. The predicted molar refractivity (Wildman–Crippen MR) is 169 cm³/mol. The molecule has 0 saturated heterocycles. The van der Waals surface area contributed by atoms with Gasteiger partial charge in [-0.3, -0.25) is 4.98 Å². The van der Waals surface area contributed by atoms with Gasteiger partial charge in [-0.1, -0.05) is 103 Å². The van der Waals surface area contributed by atoms with Crippen molar-refractivity contribution >= 4 is 5.97 Å². The second kappa shape index (κ2) is 19.8. The van der Waals surface area contributed by atoms with E-state index in [-0.39, 0.29) is 11.4 Å². The molecule has 0 atom stereocenters. The molecule has 0 spiro atoms. The van der Waals surface area contributed by atoms with Crippen molar-refractivity contribution < 1.29 is 18.7 Å². The van der Waals surface area contributed by atoms with Crippen molar-refractivity contribution in [3.63, 3.8) is 0 Å². The summed E-state index contributed by atoms with van der Waals surface area (Å²) >= 11 is 0. The number of aromatic nitrogens is 2. The van der Waals surface area contributed by atoms with Crippen LogP contribution in [0.5, 0.6) is 11.5 Å². The largest absolute Gasteiger partial charge is 0.494 e. The maximum atomic E-state index is 14.6. The summed E-state index contributed by atoms with van der Waals surface area (Å²) in [6, 6.07) is 12.5. The number of esters is 1. The standard InChI is InChI=1S/C36H49FN2O3/c1-3-5-7-9-11-12-13-15-17-25-41-31-22-20-30(21-23-31)33-27-39-34(28-38-33)36(40)42-35-24-19-29(26-32(35)37)18-16-14-10-8-6-4-2/h19-24,26-28H,3-18,25H2,1-2H3. The second-order valence-corrected chi connectivity index (χ2v) is 11.2. The van der Waals surface area contributed by atoms with Gasteiger partial charge in [-0.15, -0.1) is 0 Å².